The molecule has 0 radical (unpaired) electrons. The first-order valence-corrected chi connectivity index (χ1v) is 9.83. The average Bonchev–Trinajstić information content (AvgIpc) is 3.41. The van der Waals surface area contributed by atoms with E-state index < -0.39 is 0 Å². The number of nitrogens with one attached hydrogen (secondary N) is 2. The second-order valence-electron chi connectivity index (χ2n) is 7.57. The first-order valence-electron chi connectivity index (χ1n) is 9.83. The Morgan fingerprint density at radius 1 is 1.27 bits per heavy atom. The summed E-state index contributed by atoms with van der Waals surface area (Å²) in [5.41, 5.74) is 2.43. The van der Waals surface area contributed by atoms with Gasteiger partial charge in [0.25, 0.3) is 0 Å². The van der Waals surface area contributed by atoms with Gasteiger partial charge in [0.05, 0.1) is 18.8 Å². The Hall–Kier alpha value is -1.85. The summed E-state index contributed by atoms with van der Waals surface area (Å²) in [6.45, 7) is 2.11. The summed E-state index contributed by atoms with van der Waals surface area (Å²) in [4.78, 5) is 15.7. The van der Waals surface area contributed by atoms with Crippen molar-refractivity contribution in [1.82, 2.24) is 10.3 Å². The molecule has 1 aliphatic carbocycles. The molecular formula is C21H28N2O3. The number of aromatic amines is 1. The maximum absolute atomic E-state index is 12.4. The minimum absolute atomic E-state index is 0.0110. The molecule has 2 heterocycles. The van der Waals surface area contributed by atoms with E-state index in [0.717, 1.165) is 43.9 Å². The molecule has 0 bridgehead atoms. The van der Waals surface area contributed by atoms with Gasteiger partial charge >= 0.3 is 0 Å². The fraction of sp³-hybridized carbons (Fsp3) is 0.571. The quantitative estimate of drug-likeness (QED) is 0.763. The van der Waals surface area contributed by atoms with Crippen LogP contribution in [0.3, 0.4) is 0 Å². The van der Waals surface area contributed by atoms with E-state index in [0.29, 0.717) is 13.0 Å². The Balaban J connectivity index is 1.23. The van der Waals surface area contributed by atoms with E-state index in [1.165, 1.54) is 23.8 Å². The third-order valence-electron chi connectivity index (χ3n) is 5.41. The minimum Gasteiger partial charge on any atom is -0.379 e. The highest BCUT2D eigenvalue weighted by molar-refractivity contribution is 5.83. The van der Waals surface area contributed by atoms with Crippen LogP contribution in [0.5, 0.6) is 0 Å². The first kappa shape index (κ1) is 17.6. The Bertz CT molecular complexity index is 738. The van der Waals surface area contributed by atoms with Gasteiger partial charge in [-0.15, -0.1) is 0 Å². The lowest BCUT2D eigenvalue weighted by Gasteiger charge is -2.32. The van der Waals surface area contributed by atoms with Gasteiger partial charge in [-0.3, -0.25) is 4.79 Å². The Morgan fingerprint density at radius 2 is 2.15 bits per heavy atom. The molecule has 2 aliphatic rings. The van der Waals surface area contributed by atoms with E-state index >= 15 is 0 Å². The van der Waals surface area contributed by atoms with Gasteiger partial charge in [-0.1, -0.05) is 18.2 Å². The number of benzene rings is 1. The largest absolute Gasteiger partial charge is 0.379 e. The molecule has 5 heteroatoms. The van der Waals surface area contributed by atoms with E-state index in [-0.39, 0.29) is 18.1 Å². The fourth-order valence-corrected chi connectivity index (χ4v) is 3.65. The van der Waals surface area contributed by atoms with Crippen LogP contribution in [0.25, 0.3) is 10.9 Å². The zero-order valence-corrected chi connectivity index (χ0v) is 15.2. The SMILES string of the molecule is O=C(CCCc1c[nH]c2ccccc12)N[C@@H]1COCC[C@@H]1OCC1CC1. The summed E-state index contributed by atoms with van der Waals surface area (Å²) < 4.78 is 11.6. The van der Waals surface area contributed by atoms with E-state index in [2.05, 4.69) is 34.7 Å². The molecule has 1 aromatic heterocycles. The lowest BCUT2D eigenvalue weighted by molar-refractivity contribution is -0.126. The standard InChI is InChI=1S/C21H28N2O3/c24-21(7-3-4-16-12-22-18-6-2-1-5-17(16)18)23-19-14-25-11-10-20(19)26-13-15-8-9-15/h1-2,5-6,12,15,19-20,22H,3-4,7-11,13-14H2,(H,23,24)/t19-,20+/m1/s1. The minimum atomic E-state index is -0.0110. The molecule has 26 heavy (non-hydrogen) atoms. The molecule has 4 rings (SSSR count). The normalized spacial score (nSPS) is 23.2. The van der Waals surface area contributed by atoms with Crippen LogP contribution in [0.4, 0.5) is 0 Å². The third kappa shape index (κ3) is 4.46. The smallest absolute Gasteiger partial charge is 0.220 e. The predicted octanol–water partition coefficient (Wildman–Crippen LogP) is 3.19. The number of carbonyl (C=O) groups excluding carboxylic acids is 1. The molecule has 2 atom stereocenters. The Morgan fingerprint density at radius 3 is 3.04 bits per heavy atom. The number of fused-ring (bicyclic) bond motifs is 1. The molecule has 2 N–H and O–H groups in total. The van der Waals surface area contributed by atoms with Crippen molar-refractivity contribution in [2.45, 2.75) is 50.7 Å². The fourth-order valence-electron chi connectivity index (χ4n) is 3.65. The van der Waals surface area contributed by atoms with Crippen molar-refractivity contribution >= 4 is 16.8 Å². The summed E-state index contributed by atoms with van der Waals surface area (Å²) in [6.07, 6.45) is 7.87. The monoisotopic (exact) mass is 356 g/mol. The molecule has 140 valence electrons. The van der Waals surface area contributed by atoms with Gasteiger partial charge < -0.3 is 19.8 Å². The molecule has 1 saturated heterocycles. The molecule has 0 unspecified atom stereocenters. The van der Waals surface area contributed by atoms with Gasteiger partial charge in [0, 0.05) is 36.7 Å². The third-order valence-corrected chi connectivity index (χ3v) is 5.41. The molecular weight excluding hydrogens is 328 g/mol. The zero-order chi connectivity index (χ0) is 17.8. The Kier molecular flexibility index (Phi) is 5.56. The lowest BCUT2D eigenvalue weighted by atomic mass is 10.0. The Labute approximate surface area is 154 Å². The van der Waals surface area contributed by atoms with Crippen LogP contribution in [0, 0.1) is 5.92 Å². The van der Waals surface area contributed by atoms with Crippen LogP contribution in [0.1, 0.15) is 37.7 Å². The van der Waals surface area contributed by atoms with Crippen molar-refractivity contribution in [1.29, 1.82) is 0 Å². The van der Waals surface area contributed by atoms with E-state index in [1.807, 2.05) is 6.07 Å². The van der Waals surface area contributed by atoms with Crippen molar-refractivity contribution in [2.24, 2.45) is 5.92 Å². The van der Waals surface area contributed by atoms with Gasteiger partial charge in [-0.05, 0) is 49.7 Å². The van der Waals surface area contributed by atoms with Crippen molar-refractivity contribution in [3.63, 3.8) is 0 Å². The highest BCUT2D eigenvalue weighted by Crippen LogP contribution is 2.30. The predicted molar refractivity (Wildman–Crippen MR) is 101 cm³/mol. The van der Waals surface area contributed by atoms with Crippen LogP contribution in [0.15, 0.2) is 30.5 Å². The molecule has 1 aliphatic heterocycles. The summed E-state index contributed by atoms with van der Waals surface area (Å²) in [5.74, 6) is 0.839. The van der Waals surface area contributed by atoms with Crippen molar-refractivity contribution in [2.75, 3.05) is 19.8 Å². The zero-order valence-electron chi connectivity index (χ0n) is 15.2. The molecule has 2 aromatic rings. The van der Waals surface area contributed by atoms with E-state index in [9.17, 15) is 4.79 Å². The van der Waals surface area contributed by atoms with Crippen LogP contribution in [-0.4, -0.2) is 42.9 Å². The summed E-state index contributed by atoms with van der Waals surface area (Å²) in [5, 5.41) is 4.39. The van der Waals surface area contributed by atoms with Crippen LogP contribution < -0.4 is 5.32 Å². The van der Waals surface area contributed by atoms with Gasteiger partial charge in [-0.25, -0.2) is 0 Å². The highest BCUT2D eigenvalue weighted by Gasteiger charge is 2.30. The second-order valence-corrected chi connectivity index (χ2v) is 7.57. The summed E-state index contributed by atoms with van der Waals surface area (Å²) in [7, 11) is 0. The number of hydrogen-bond donors (Lipinski definition) is 2. The average molecular weight is 356 g/mol. The van der Waals surface area contributed by atoms with Gasteiger partial charge in [0.1, 0.15) is 0 Å². The van der Waals surface area contributed by atoms with E-state index in [4.69, 9.17) is 9.47 Å². The van der Waals surface area contributed by atoms with Crippen LogP contribution >= 0.6 is 0 Å². The van der Waals surface area contributed by atoms with Gasteiger partial charge in [0.2, 0.25) is 5.91 Å². The van der Waals surface area contributed by atoms with Crippen molar-refractivity contribution in [3.05, 3.63) is 36.0 Å². The number of rotatable bonds is 8. The van der Waals surface area contributed by atoms with Crippen LogP contribution in [-0.2, 0) is 20.7 Å². The van der Waals surface area contributed by atoms with Crippen molar-refractivity contribution in [3.8, 4) is 0 Å². The molecule has 1 amide bonds. The number of ether oxygens (including phenoxy) is 2. The number of carbonyl (C=O) groups is 1. The number of aromatic nitrogens is 1. The maximum Gasteiger partial charge on any atom is 0.220 e. The number of para-hydroxylation sites is 1. The molecule has 1 saturated carbocycles. The highest BCUT2D eigenvalue weighted by atomic mass is 16.5. The first-order chi connectivity index (χ1) is 12.8. The molecule has 5 nitrogen and oxygen atoms in total. The second kappa shape index (κ2) is 8.23. The molecule has 0 spiro atoms. The summed E-state index contributed by atoms with van der Waals surface area (Å²) in [6, 6.07) is 8.28. The lowest BCUT2D eigenvalue weighted by Crippen LogP contribution is -2.50. The van der Waals surface area contributed by atoms with Crippen molar-refractivity contribution < 1.29 is 14.3 Å². The number of aryl methyl sites for hydroxylation is 1. The topological polar surface area (TPSA) is 63.4 Å². The van der Waals surface area contributed by atoms with Gasteiger partial charge in [-0.2, -0.15) is 0 Å². The van der Waals surface area contributed by atoms with Crippen LogP contribution in [0.2, 0.25) is 0 Å². The summed E-state index contributed by atoms with van der Waals surface area (Å²) >= 11 is 0. The molecule has 1 aromatic carbocycles. The van der Waals surface area contributed by atoms with Gasteiger partial charge in [0.15, 0.2) is 0 Å². The maximum atomic E-state index is 12.4. The number of hydrogen-bond acceptors (Lipinski definition) is 3. The van der Waals surface area contributed by atoms with E-state index in [1.54, 1.807) is 0 Å². The molecule has 2 fully saturated rings. The number of H-pyrrole nitrogens is 1. The number of amides is 1.